The van der Waals surface area contributed by atoms with Crippen molar-refractivity contribution in [1.82, 2.24) is 4.98 Å². The zero-order valence-electron chi connectivity index (χ0n) is 10.00. The number of hydrogen-bond donors (Lipinski definition) is 0. The first-order valence-electron chi connectivity index (χ1n) is 5.65. The normalized spacial score (nSPS) is 11.3. The van der Waals surface area contributed by atoms with E-state index in [4.69, 9.17) is 4.74 Å². The van der Waals surface area contributed by atoms with E-state index in [0.717, 1.165) is 16.1 Å². The van der Waals surface area contributed by atoms with Crippen LogP contribution in [0.25, 0.3) is 5.57 Å². The maximum atomic E-state index is 11.6. The van der Waals surface area contributed by atoms with E-state index in [-0.39, 0.29) is 5.97 Å². The average molecular weight is 259 g/mol. The topological polar surface area (TPSA) is 39.2 Å². The molecule has 0 aliphatic heterocycles. The zero-order chi connectivity index (χ0) is 12.8. The summed E-state index contributed by atoms with van der Waals surface area (Å²) in [6.45, 7) is 2.16. The van der Waals surface area contributed by atoms with Crippen LogP contribution in [-0.4, -0.2) is 17.6 Å². The van der Waals surface area contributed by atoms with E-state index < -0.39 is 0 Å². The number of carbonyl (C=O) groups excluding carboxylic acids is 1. The van der Waals surface area contributed by atoms with Crippen molar-refractivity contribution in [2.45, 2.75) is 6.92 Å². The highest BCUT2D eigenvalue weighted by molar-refractivity contribution is 7.11. The summed E-state index contributed by atoms with van der Waals surface area (Å²) in [5.41, 5.74) is 1.57. The molecule has 4 heteroatoms. The van der Waals surface area contributed by atoms with Crippen molar-refractivity contribution in [3.8, 4) is 0 Å². The molecule has 0 unspecified atom stereocenters. The molecule has 0 aliphatic carbocycles. The minimum absolute atomic E-state index is 0.341. The monoisotopic (exact) mass is 259 g/mol. The minimum atomic E-state index is -0.341. The van der Waals surface area contributed by atoms with Crippen LogP contribution in [0.15, 0.2) is 48.0 Å². The molecule has 0 N–H and O–H groups in total. The van der Waals surface area contributed by atoms with Crippen molar-refractivity contribution in [2.75, 3.05) is 6.61 Å². The van der Waals surface area contributed by atoms with Crippen LogP contribution in [0.2, 0.25) is 0 Å². The molecule has 0 aromatic carbocycles. The summed E-state index contributed by atoms with van der Waals surface area (Å²) < 4.78 is 4.95. The molecule has 0 atom stereocenters. The zero-order valence-corrected chi connectivity index (χ0v) is 10.8. The number of carbonyl (C=O) groups is 1. The van der Waals surface area contributed by atoms with Crippen LogP contribution in [-0.2, 0) is 9.53 Å². The van der Waals surface area contributed by atoms with Crippen LogP contribution in [0.5, 0.6) is 0 Å². The van der Waals surface area contributed by atoms with Gasteiger partial charge in [-0.25, -0.2) is 4.79 Å². The summed E-state index contributed by atoms with van der Waals surface area (Å²) in [6.07, 6.45) is 3.21. The maximum absolute atomic E-state index is 11.6. The summed E-state index contributed by atoms with van der Waals surface area (Å²) in [7, 11) is 0. The van der Waals surface area contributed by atoms with Gasteiger partial charge in [0.2, 0.25) is 0 Å². The van der Waals surface area contributed by atoms with Crippen LogP contribution >= 0.6 is 11.3 Å². The number of thiophene rings is 1. The van der Waals surface area contributed by atoms with Crippen molar-refractivity contribution in [3.05, 3.63) is 58.6 Å². The Morgan fingerprint density at radius 2 is 2.28 bits per heavy atom. The summed E-state index contributed by atoms with van der Waals surface area (Å²) in [6, 6.07) is 9.53. The molecule has 0 radical (unpaired) electrons. The van der Waals surface area contributed by atoms with Gasteiger partial charge in [-0.05, 0) is 30.5 Å². The van der Waals surface area contributed by atoms with E-state index in [9.17, 15) is 4.79 Å². The molecule has 0 saturated heterocycles. The summed E-state index contributed by atoms with van der Waals surface area (Å²) in [4.78, 5) is 16.9. The van der Waals surface area contributed by atoms with Crippen molar-refractivity contribution < 1.29 is 9.53 Å². The van der Waals surface area contributed by atoms with Crippen molar-refractivity contribution in [3.63, 3.8) is 0 Å². The van der Waals surface area contributed by atoms with Gasteiger partial charge in [0.1, 0.15) is 0 Å². The molecule has 18 heavy (non-hydrogen) atoms. The molecule has 3 nitrogen and oxygen atoms in total. The fourth-order valence-corrected chi connectivity index (χ4v) is 2.28. The lowest BCUT2D eigenvalue weighted by Crippen LogP contribution is -2.01. The Morgan fingerprint density at radius 1 is 1.39 bits per heavy atom. The Kier molecular flexibility index (Phi) is 4.25. The van der Waals surface area contributed by atoms with Crippen LogP contribution in [0, 0.1) is 0 Å². The Labute approximate surface area is 110 Å². The SMILES string of the molecule is CCOC(=O)/C=C(/c1ccccn1)c1cccs1. The molecule has 2 aromatic heterocycles. The molecule has 0 amide bonds. The van der Waals surface area contributed by atoms with E-state index in [0.29, 0.717) is 6.61 Å². The number of aromatic nitrogens is 1. The standard InChI is InChI=1S/C14H13NO2S/c1-2-17-14(16)10-11(13-7-5-9-18-13)12-6-3-4-8-15-12/h3-10H,2H2,1H3/b11-10-. The summed E-state index contributed by atoms with van der Waals surface area (Å²) in [5, 5.41) is 1.97. The van der Waals surface area contributed by atoms with Crippen LogP contribution in [0.4, 0.5) is 0 Å². The van der Waals surface area contributed by atoms with E-state index in [1.807, 2.05) is 35.7 Å². The molecule has 0 fully saturated rings. The van der Waals surface area contributed by atoms with Gasteiger partial charge < -0.3 is 4.74 Å². The lowest BCUT2D eigenvalue weighted by molar-refractivity contribution is -0.137. The van der Waals surface area contributed by atoms with Gasteiger partial charge in [-0.2, -0.15) is 0 Å². The van der Waals surface area contributed by atoms with Gasteiger partial charge in [-0.15, -0.1) is 11.3 Å². The van der Waals surface area contributed by atoms with E-state index in [1.54, 1.807) is 24.5 Å². The average Bonchev–Trinajstić information content (AvgIpc) is 2.91. The summed E-state index contributed by atoms with van der Waals surface area (Å²) in [5.74, 6) is -0.341. The molecule has 0 spiro atoms. The molecule has 0 aliphatic rings. The first kappa shape index (κ1) is 12.5. The molecule has 2 heterocycles. The number of nitrogens with zero attached hydrogens (tertiary/aromatic N) is 1. The number of hydrogen-bond acceptors (Lipinski definition) is 4. The van der Waals surface area contributed by atoms with Crippen molar-refractivity contribution in [1.29, 1.82) is 0 Å². The molecule has 0 saturated carbocycles. The third-order valence-electron chi connectivity index (χ3n) is 2.28. The minimum Gasteiger partial charge on any atom is -0.463 e. The van der Waals surface area contributed by atoms with E-state index in [1.165, 1.54) is 6.08 Å². The molecular weight excluding hydrogens is 246 g/mol. The second kappa shape index (κ2) is 6.12. The third-order valence-corrected chi connectivity index (χ3v) is 3.18. The smallest absolute Gasteiger partial charge is 0.331 e. The maximum Gasteiger partial charge on any atom is 0.331 e. The first-order valence-corrected chi connectivity index (χ1v) is 6.53. The lowest BCUT2D eigenvalue weighted by Gasteiger charge is -2.04. The lowest BCUT2D eigenvalue weighted by atomic mass is 10.1. The molecular formula is C14H13NO2S. The molecule has 0 bridgehead atoms. The van der Waals surface area contributed by atoms with Gasteiger partial charge in [-0.1, -0.05) is 12.1 Å². The van der Waals surface area contributed by atoms with Crippen molar-refractivity contribution in [2.24, 2.45) is 0 Å². The fraction of sp³-hybridized carbons (Fsp3) is 0.143. The third kappa shape index (κ3) is 3.05. The predicted molar refractivity (Wildman–Crippen MR) is 72.3 cm³/mol. The van der Waals surface area contributed by atoms with Crippen LogP contribution in [0.3, 0.4) is 0 Å². The van der Waals surface area contributed by atoms with Gasteiger partial charge >= 0.3 is 5.97 Å². The molecule has 2 rings (SSSR count). The summed E-state index contributed by atoms with van der Waals surface area (Å²) >= 11 is 1.57. The second-order valence-electron chi connectivity index (χ2n) is 3.50. The quantitative estimate of drug-likeness (QED) is 0.625. The Morgan fingerprint density at radius 3 is 2.89 bits per heavy atom. The highest BCUT2D eigenvalue weighted by atomic mass is 32.1. The van der Waals surface area contributed by atoms with Gasteiger partial charge in [-0.3, -0.25) is 4.98 Å². The Balaban J connectivity index is 2.39. The Hall–Kier alpha value is -1.94. The second-order valence-corrected chi connectivity index (χ2v) is 4.45. The highest BCUT2D eigenvalue weighted by Crippen LogP contribution is 2.25. The van der Waals surface area contributed by atoms with Gasteiger partial charge in [0, 0.05) is 22.7 Å². The molecule has 2 aromatic rings. The number of ether oxygens (including phenoxy) is 1. The van der Waals surface area contributed by atoms with Crippen LogP contribution < -0.4 is 0 Å². The van der Waals surface area contributed by atoms with Gasteiger partial charge in [0.05, 0.1) is 12.3 Å². The van der Waals surface area contributed by atoms with Gasteiger partial charge in [0.25, 0.3) is 0 Å². The largest absolute Gasteiger partial charge is 0.463 e. The van der Waals surface area contributed by atoms with E-state index in [2.05, 4.69) is 4.98 Å². The first-order chi connectivity index (χ1) is 8.81. The fourth-order valence-electron chi connectivity index (χ4n) is 1.53. The number of esters is 1. The number of rotatable bonds is 4. The van der Waals surface area contributed by atoms with Crippen LogP contribution in [0.1, 0.15) is 17.5 Å². The van der Waals surface area contributed by atoms with Crippen molar-refractivity contribution >= 4 is 22.9 Å². The highest BCUT2D eigenvalue weighted by Gasteiger charge is 2.10. The van der Waals surface area contributed by atoms with Gasteiger partial charge in [0.15, 0.2) is 0 Å². The number of pyridine rings is 1. The predicted octanol–water partition coefficient (Wildman–Crippen LogP) is 3.14. The Bertz CT molecular complexity index is 532. The molecule has 92 valence electrons. The van der Waals surface area contributed by atoms with E-state index >= 15 is 0 Å².